The first kappa shape index (κ1) is 12.2. The molecule has 94 valence electrons. The van der Waals surface area contributed by atoms with Crippen molar-refractivity contribution in [3.63, 3.8) is 0 Å². The number of nitrogen functional groups attached to an aromatic ring is 1. The van der Waals surface area contributed by atoms with Gasteiger partial charge in [-0.25, -0.2) is 4.39 Å². The Kier molecular flexibility index (Phi) is 3.37. The predicted octanol–water partition coefficient (Wildman–Crippen LogP) is 3.47. The fourth-order valence-corrected chi connectivity index (χ4v) is 1.59. The van der Waals surface area contributed by atoms with Gasteiger partial charge in [0.2, 0.25) is 0 Å². The maximum absolute atomic E-state index is 13.5. The van der Waals surface area contributed by atoms with Crippen LogP contribution in [0.1, 0.15) is 12.5 Å². The Bertz CT molecular complexity index is 570. The van der Waals surface area contributed by atoms with Crippen LogP contribution in [0.25, 0.3) is 0 Å². The fraction of sp³-hybridized carbons (Fsp3) is 0.143. The number of rotatable bonds is 3. The molecule has 0 unspecified atom stereocenters. The van der Waals surface area contributed by atoms with Crippen molar-refractivity contribution in [2.24, 2.45) is 0 Å². The van der Waals surface area contributed by atoms with Crippen LogP contribution in [0.15, 0.2) is 36.4 Å². The Morgan fingerprint density at radius 2 is 1.89 bits per heavy atom. The van der Waals surface area contributed by atoms with Crippen molar-refractivity contribution in [2.75, 3.05) is 5.73 Å². The van der Waals surface area contributed by atoms with Gasteiger partial charge < -0.3 is 15.6 Å². The van der Waals surface area contributed by atoms with Gasteiger partial charge in [0.1, 0.15) is 0 Å². The van der Waals surface area contributed by atoms with E-state index in [0.717, 1.165) is 12.0 Å². The number of halogens is 1. The second-order valence-electron chi connectivity index (χ2n) is 3.95. The van der Waals surface area contributed by atoms with E-state index in [9.17, 15) is 9.50 Å². The minimum absolute atomic E-state index is 0.00873. The Hall–Kier alpha value is -2.23. The quantitative estimate of drug-likeness (QED) is 0.816. The summed E-state index contributed by atoms with van der Waals surface area (Å²) in [6, 6.07) is 9.18. The Morgan fingerprint density at radius 1 is 1.17 bits per heavy atom. The van der Waals surface area contributed by atoms with E-state index in [1.807, 2.05) is 13.0 Å². The molecule has 2 aromatic carbocycles. The molecule has 3 N–H and O–H groups in total. The standard InChI is InChI=1S/C14H14FNO2/c1-2-9-3-5-14(12(17)7-9)18-13-6-4-10(16)8-11(13)15/h3-8,17H,2,16H2,1H3. The van der Waals surface area contributed by atoms with Crippen LogP contribution in [0.3, 0.4) is 0 Å². The smallest absolute Gasteiger partial charge is 0.169 e. The first-order valence-electron chi connectivity index (χ1n) is 5.65. The van der Waals surface area contributed by atoms with Gasteiger partial charge in [0, 0.05) is 11.8 Å². The Morgan fingerprint density at radius 3 is 2.50 bits per heavy atom. The highest BCUT2D eigenvalue weighted by atomic mass is 19.1. The van der Waals surface area contributed by atoms with Gasteiger partial charge >= 0.3 is 0 Å². The monoisotopic (exact) mass is 247 g/mol. The minimum Gasteiger partial charge on any atom is -0.504 e. The summed E-state index contributed by atoms with van der Waals surface area (Å²) in [4.78, 5) is 0. The molecule has 0 radical (unpaired) electrons. The topological polar surface area (TPSA) is 55.5 Å². The number of benzene rings is 2. The summed E-state index contributed by atoms with van der Waals surface area (Å²) in [6.07, 6.45) is 0.810. The fourth-order valence-electron chi connectivity index (χ4n) is 1.59. The van der Waals surface area contributed by atoms with Gasteiger partial charge in [0.25, 0.3) is 0 Å². The van der Waals surface area contributed by atoms with Crippen molar-refractivity contribution in [1.29, 1.82) is 0 Å². The normalized spacial score (nSPS) is 10.3. The number of phenols is 1. The van der Waals surface area contributed by atoms with Crippen LogP contribution < -0.4 is 10.5 Å². The van der Waals surface area contributed by atoms with Crippen molar-refractivity contribution < 1.29 is 14.2 Å². The van der Waals surface area contributed by atoms with Crippen molar-refractivity contribution in [2.45, 2.75) is 13.3 Å². The average molecular weight is 247 g/mol. The van der Waals surface area contributed by atoms with Gasteiger partial charge in [-0.3, -0.25) is 0 Å². The van der Waals surface area contributed by atoms with Gasteiger partial charge in [0.15, 0.2) is 23.1 Å². The number of anilines is 1. The second-order valence-corrected chi connectivity index (χ2v) is 3.95. The highest BCUT2D eigenvalue weighted by Gasteiger charge is 2.08. The van der Waals surface area contributed by atoms with Crippen LogP contribution in [0.2, 0.25) is 0 Å². The summed E-state index contributed by atoms with van der Waals surface area (Å²) in [5.41, 5.74) is 6.75. The molecule has 0 aromatic heterocycles. The van der Waals surface area contributed by atoms with Gasteiger partial charge in [-0.15, -0.1) is 0 Å². The largest absolute Gasteiger partial charge is 0.504 e. The lowest BCUT2D eigenvalue weighted by Gasteiger charge is -2.09. The molecule has 0 spiro atoms. The zero-order valence-corrected chi connectivity index (χ0v) is 9.98. The third kappa shape index (κ3) is 2.53. The minimum atomic E-state index is -0.561. The molecular weight excluding hydrogens is 233 g/mol. The van der Waals surface area contributed by atoms with Crippen LogP contribution in [0.4, 0.5) is 10.1 Å². The summed E-state index contributed by atoms with van der Waals surface area (Å²) in [7, 11) is 0. The van der Waals surface area contributed by atoms with E-state index in [2.05, 4.69) is 0 Å². The molecular formula is C14H14FNO2. The molecule has 0 amide bonds. The first-order valence-corrected chi connectivity index (χ1v) is 5.65. The highest BCUT2D eigenvalue weighted by molar-refractivity contribution is 5.47. The lowest BCUT2D eigenvalue weighted by Crippen LogP contribution is -1.92. The molecule has 18 heavy (non-hydrogen) atoms. The van der Waals surface area contributed by atoms with Crippen LogP contribution in [-0.4, -0.2) is 5.11 Å². The van der Waals surface area contributed by atoms with E-state index in [1.165, 1.54) is 18.2 Å². The number of ether oxygens (including phenoxy) is 1. The zero-order valence-electron chi connectivity index (χ0n) is 9.98. The molecule has 3 nitrogen and oxygen atoms in total. The van der Waals surface area contributed by atoms with Gasteiger partial charge in [-0.1, -0.05) is 13.0 Å². The van der Waals surface area contributed by atoms with E-state index < -0.39 is 5.82 Å². The van der Waals surface area contributed by atoms with Crippen molar-refractivity contribution in [3.05, 3.63) is 47.8 Å². The first-order chi connectivity index (χ1) is 8.60. The molecule has 0 saturated heterocycles. The number of aromatic hydroxyl groups is 1. The van der Waals surface area contributed by atoms with Crippen molar-refractivity contribution in [3.8, 4) is 17.2 Å². The molecule has 0 aliphatic carbocycles. The second kappa shape index (κ2) is 4.96. The molecule has 0 atom stereocenters. The van der Waals surface area contributed by atoms with Crippen molar-refractivity contribution >= 4 is 5.69 Å². The number of aryl methyl sites for hydroxylation is 1. The molecule has 0 aliphatic rings. The van der Waals surface area contributed by atoms with Crippen LogP contribution >= 0.6 is 0 Å². The zero-order chi connectivity index (χ0) is 13.1. The summed E-state index contributed by atoms with van der Waals surface area (Å²) < 4.78 is 18.8. The molecule has 2 rings (SSSR count). The Labute approximate surface area is 105 Å². The summed E-state index contributed by atoms with van der Waals surface area (Å²) in [5, 5.41) is 9.76. The third-order valence-electron chi connectivity index (χ3n) is 2.61. The molecule has 0 saturated carbocycles. The van der Waals surface area contributed by atoms with E-state index in [0.29, 0.717) is 5.69 Å². The molecule has 0 heterocycles. The molecule has 0 fully saturated rings. The Balaban J connectivity index is 2.28. The maximum atomic E-state index is 13.5. The van der Waals surface area contributed by atoms with Gasteiger partial charge in [0.05, 0.1) is 0 Å². The number of hydrogen-bond donors (Lipinski definition) is 2. The highest BCUT2D eigenvalue weighted by Crippen LogP contribution is 2.33. The summed E-state index contributed by atoms with van der Waals surface area (Å²) in [5.74, 6) is -0.320. The molecule has 2 aromatic rings. The predicted molar refractivity (Wildman–Crippen MR) is 68.4 cm³/mol. The lowest BCUT2D eigenvalue weighted by molar-refractivity contribution is 0.395. The average Bonchev–Trinajstić information content (AvgIpc) is 2.34. The van der Waals surface area contributed by atoms with Gasteiger partial charge in [-0.05, 0) is 36.2 Å². The maximum Gasteiger partial charge on any atom is 0.169 e. The van der Waals surface area contributed by atoms with Crippen molar-refractivity contribution in [1.82, 2.24) is 0 Å². The van der Waals surface area contributed by atoms with Crippen LogP contribution in [-0.2, 0) is 6.42 Å². The van der Waals surface area contributed by atoms with E-state index in [-0.39, 0.29) is 17.2 Å². The molecule has 0 bridgehead atoms. The summed E-state index contributed by atoms with van der Waals surface area (Å²) >= 11 is 0. The SMILES string of the molecule is CCc1ccc(Oc2ccc(N)cc2F)c(O)c1. The molecule has 0 aliphatic heterocycles. The number of phenolic OH excluding ortho intramolecular Hbond substituents is 1. The summed E-state index contributed by atoms with van der Waals surface area (Å²) in [6.45, 7) is 1.98. The third-order valence-corrected chi connectivity index (χ3v) is 2.61. The molecule has 4 heteroatoms. The van der Waals surface area contributed by atoms with E-state index in [4.69, 9.17) is 10.5 Å². The lowest BCUT2D eigenvalue weighted by atomic mass is 10.1. The van der Waals surface area contributed by atoms with Crippen LogP contribution in [0.5, 0.6) is 17.2 Å². The van der Waals surface area contributed by atoms with Gasteiger partial charge in [-0.2, -0.15) is 0 Å². The van der Waals surface area contributed by atoms with E-state index >= 15 is 0 Å². The van der Waals surface area contributed by atoms with Crippen LogP contribution in [0, 0.1) is 5.82 Å². The number of nitrogens with two attached hydrogens (primary N) is 1. The van der Waals surface area contributed by atoms with E-state index in [1.54, 1.807) is 12.1 Å². The number of hydrogen-bond acceptors (Lipinski definition) is 3.